The van der Waals surface area contributed by atoms with Crippen LogP contribution in [0.25, 0.3) is 0 Å². The second kappa shape index (κ2) is 10.2. The number of guanidine groups is 1. The highest BCUT2D eigenvalue weighted by atomic mass is 19.4. The van der Waals surface area contributed by atoms with Crippen molar-refractivity contribution in [2.45, 2.75) is 12.6 Å². The number of benzene rings is 1. The molecule has 0 aromatic heterocycles. The number of methoxy groups -OCH3 is 1. The van der Waals surface area contributed by atoms with E-state index in [1.165, 1.54) is 0 Å². The fourth-order valence-electron chi connectivity index (χ4n) is 2.86. The van der Waals surface area contributed by atoms with E-state index in [2.05, 4.69) is 24.8 Å². The SMILES string of the molecule is CN=C(NCCCOCC(F)(F)F)N1CCN(c2ccc(OC)cc2)CC1. The molecule has 1 heterocycles. The number of halogens is 3. The molecule has 0 amide bonds. The van der Waals surface area contributed by atoms with Gasteiger partial charge >= 0.3 is 6.18 Å². The molecule has 0 unspecified atom stereocenters. The molecule has 0 radical (unpaired) electrons. The summed E-state index contributed by atoms with van der Waals surface area (Å²) in [6.45, 7) is 2.74. The summed E-state index contributed by atoms with van der Waals surface area (Å²) in [5, 5.41) is 3.19. The molecule has 0 spiro atoms. The Kier molecular flexibility index (Phi) is 8.02. The molecule has 2 rings (SSSR count). The van der Waals surface area contributed by atoms with Crippen LogP contribution in [0.2, 0.25) is 0 Å². The van der Waals surface area contributed by atoms with E-state index < -0.39 is 12.8 Å². The summed E-state index contributed by atoms with van der Waals surface area (Å²) in [6.07, 6.45) is -3.78. The van der Waals surface area contributed by atoms with Gasteiger partial charge in [0, 0.05) is 52.1 Å². The van der Waals surface area contributed by atoms with Gasteiger partial charge in [0.25, 0.3) is 0 Å². The third-order valence-corrected chi connectivity index (χ3v) is 4.24. The van der Waals surface area contributed by atoms with Gasteiger partial charge in [0.1, 0.15) is 12.4 Å². The number of aliphatic imine (C=N–C) groups is 1. The first-order valence-electron chi connectivity index (χ1n) is 8.92. The zero-order valence-corrected chi connectivity index (χ0v) is 15.8. The Morgan fingerprint density at radius 2 is 1.81 bits per heavy atom. The van der Waals surface area contributed by atoms with Gasteiger partial charge in [0.2, 0.25) is 0 Å². The smallest absolute Gasteiger partial charge is 0.411 e. The Labute approximate surface area is 157 Å². The van der Waals surface area contributed by atoms with Crippen LogP contribution in [0.15, 0.2) is 29.3 Å². The predicted molar refractivity (Wildman–Crippen MR) is 99.6 cm³/mol. The van der Waals surface area contributed by atoms with E-state index in [0.717, 1.165) is 43.6 Å². The second-order valence-electron chi connectivity index (χ2n) is 6.17. The molecule has 0 saturated carbocycles. The van der Waals surface area contributed by atoms with E-state index in [1.807, 2.05) is 24.3 Å². The number of rotatable bonds is 7. The molecule has 9 heteroatoms. The summed E-state index contributed by atoms with van der Waals surface area (Å²) in [6, 6.07) is 7.98. The van der Waals surface area contributed by atoms with Crippen LogP contribution in [0, 0.1) is 0 Å². The molecule has 1 aliphatic heterocycles. The maximum absolute atomic E-state index is 12.0. The fourth-order valence-corrected chi connectivity index (χ4v) is 2.86. The predicted octanol–water partition coefficient (Wildman–Crippen LogP) is 2.36. The van der Waals surface area contributed by atoms with Crippen molar-refractivity contribution < 1.29 is 22.6 Å². The molecule has 1 saturated heterocycles. The first-order valence-corrected chi connectivity index (χ1v) is 8.92. The summed E-state index contributed by atoms with van der Waals surface area (Å²) in [7, 11) is 3.35. The van der Waals surface area contributed by atoms with Gasteiger partial charge in [0.05, 0.1) is 7.11 Å². The highest BCUT2D eigenvalue weighted by Crippen LogP contribution is 2.20. The molecule has 1 aromatic rings. The molecule has 1 N–H and O–H groups in total. The number of hydrogen-bond acceptors (Lipinski definition) is 4. The first kappa shape index (κ1) is 21.1. The topological polar surface area (TPSA) is 49.3 Å². The molecule has 6 nitrogen and oxygen atoms in total. The number of piperazine rings is 1. The van der Waals surface area contributed by atoms with Gasteiger partial charge in [-0.3, -0.25) is 4.99 Å². The van der Waals surface area contributed by atoms with Crippen LogP contribution < -0.4 is 15.0 Å². The highest BCUT2D eigenvalue weighted by molar-refractivity contribution is 5.80. The largest absolute Gasteiger partial charge is 0.497 e. The van der Waals surface area contributed by atoms with Crippen LogP contribution in [0.3, 0.4) is 0 Å². The van der Waals surface area contributed by atoms with Gasteiger partial charge in [0.15, 0.2) is 5.96 Å². The summed E-state index contributed by atoms with van der Waals surface area (Å²) in [4.78, 5) is 8.71. The maximum atomic E-state index is 12.0. The van der Waals surface area contributed by atoms with Gasteiger partial charge in [-0.25, -0.2) is 0 Å². The van der Waals surface area contributed by atoms with Crippen LogP contribution in [0.5, 0.6) is 5.75 Å². The summed E-state index contributed by atoms with van der Waals surface area (Å²) in [5.74, 6) is 1.60. The Morgan fingerprint density at radius 3 is 2.37 bits per heavy atom. The molecular weight excluding hydrogens is 361 g/mol. The fraction of sp³-hybridized carbons (Fsp3) is 0.611. The van der Waals surface area contributed by atoms with Gasteiger partial charge in [-0.05, 0) is 30.7 Å². The molecule has 1 aromatic carbocycles. The van der Waals surface area contributed by atoms with Crippen LogP contribution in [0.4, 0.5) is 18.9 Å². The summed E-state index contributed by atoms with van der Waals surface area (Å²) < 4.78 is 45.8. The summed E-state index contributed by atoms with van der Waals surface area (Å²) in [5.41, 5.74) is 1.15. The average molecular weight is 388 g/mol. The lowest BCUT2D eigenvalue weighted by Crippen LogP contribution is -2.52. The van der Waals surface area contributed by atoms with Crippen molar-refractivity contribution in [2.75, 3.05) is 65.0 Å². The molecule has 1 fully saturated rings. The van der Waals surface area contributed by atoms with E-state index in [-0.39, 0.29) is 6.61 Å². The lowest BCUT2D eigenvalue weighted by Gasteiger charge is -2.37. The number of nitrogens with zero attached hydrogens (tertiary/aromatic N) is 3. The van der Waals surface area contributed by atoms with E-state index in [0.29, 0.717) is 13.0 Å². The number of ether oxygens (including phenoxy) is 2. The lowest BCUT2D eigenvalue weighted by atomic mass is 10.2. The number of hydrogen-bond donors (Lipinski definition) is 1. The number of alkyl halides is 3. The third-order valence-electron chi connectivity index (χ3n) is 4.24. The van der Waals surface area contributed by atoms with Crippen molar-refractivity contribution in [1.82, 2.24) is 10.2 Å². The lowest BCUT2D eigenvalue weighted by molar-refractivity contribution is -0.173. The van der Waals surface area contributed by atoms with Crippen LogP contribution >= 0.6 is 0 Å². The molecule has 27 heavy (non-hydrogen) atoms. The van der Waals surface area contributed by atoms with Crippen LogP contribution in [0.1, 0.15) is 6.42 Å². The third kappa shape index (κ3) is 7.16. The van der Waals surface area contributed by atoms with Gasteiger partial charge in [-0.1, -0.05) is 0 Å². The minimum atomic E-state index is -4.27. The highest BCUT2D eigenvalue weighted by Gasteiger charge is 2.27. The minimum absolute atomic E-state index is 0.0642. The van der Waals surface area contributed by atoms with Crippen molar-refractivity contribution in [1.29, 1.82) is 0 Å². The van der Waals surface area contributed by atoms with E-state index in [4.69, 9.17) is 4.74 Å². The van der Waals surface area contributed by atoms with Crippen LogP contribution in [-0.2, 0) is 4.74 Å². The molecule has 1 aliphatic rings. The van der Waals surface area contributed by atoms with Crippen molar-refractivity contribution in [3.63, 3.8) is 0 Å². The van der Waals surface area contributed by atoms with E-state index in [9.17, 15) is 13.2 Å². The van der Waals surface area contributed by atoms with Crippen molar-refractivity contribution in [3.05, 3.63) is 24.3 Å². The zero-order valence-electron chi connectivity index (χ0n) is 15.8. The molecule has 152 valence electrons. The molecule has 0 bridgehead atoms. The summed E-state index contributed by atoms with van der Waals surface area (Å²) >= 11 is 0. The Bertz CT molecular complexity index is 585. The van der Waals surface area contributed by atoms with Gasteiger partial charge in [-0.2, -0.15) is 13.2 Å². The normalized spacial score (nSPS) is 15.8. The number of nitrogens with one attached hydrogen (secondary N) is 1. The standard InChI is InChI=1S/C18H27F3N4O2/c1-22-17(23-8-3-13-27-14-18(19,20)21)25-11-9-24(10-12-25)15-4-6-16(26-2)7-5-15/h4-7H,3,8-14H2,1-2H3,(H,22,23). The Hall–Kier alpha value is -2.16. The van der Waals surface area contributed by atoms with E-state index >= 15 is 0 Å². The minimum Gasteiger partial charge on any atom is -0.497 e. The van der Waals surface area contributed by atoms with Crippen molar-refractivity contribution in [2.24, 2.45) is 4.99 Å². The van der Waals surface area contributed by atoms with E-state index in [1.54, 1.807) is 14.2 Å². The quantitative estimate of drug-likeness (QED) is 0.442. The van der Waals surface area contributed by atoms with Gasteiger partial charge < -0.3 is 24.6 Å². The molecule has 0 aliphatic carbocycles. The Balaban J connectivity index is 1.70. The first-order chi connectivity index (χ1) is 12.9. The average Bonchev–Trinajstić information content (AvgIpc) is 2.67. The Morgan fingerprint density at radius 1 is 1.15 bits per heavy atom. The van der Waals surface area contributed by atoms with Gasteiger partial charge in [-0.15, -0.1) is 0 Å². The second-order valence-corrected chi connectivity index (χ2v) is 6.17. The van der Waals surface area contributed by atoms with Crippen molar-refractivity contribution >= 4 is 11.6 Å². The number of anilines is 1. The molecular formula is C18H27F3N4O2. The van der Waals surface area contributed by atoms with Crippen LogP contribution in [-0.4, -0.2) is 77.1 Å². The molecule has 0 atom stereocenters. The maximum Gasteiger partial charge on any atom is 0.411 e. The van der Waals surface area contributed by atoms with Crippen molar-refractivity contribution in [3.8, 4) is 5.75 Å². The monoisotopic (exact) mass is 388 g/mol. The zero-order chi connectivity index (χ0) is 19.7.